The summed E-state index contributed by atoms with van der Waals surface area (Å²) in [5.41, 5.74) is 11.9. The number of carbonyl (C=O) groups is 4. The summed E-state index contributed by atoms with van der Waals surface area (Å²) in [5.74, 6) is -1.47. The predicted octanol–water partition coefficient (Wildman–Crippen LogP) is 6.21. The van der Waals surface area contributed by atoms with E-state index in [1.165, 1.54) is 11.9 Å². The second kappa shape index (κ2) is 24.3. The number of amides is 3. The number of pyridine rings is 1. The van der Waals surface area contributed by atoms with Crippen LogP contribution in [-0.2, 0) is 48.0 Å². The van der Waals surface area contributed by atoms with Gasteiger partial charge in [0.2, 0.25) is 11.8 Å². The van der Waals surface area contributed by atoms with Crippen molar-refractivity contribution in [3.05, 3.63) is 71.5 Å². The Balaban J connectivity index is 0.00000252. The Bertz CT molecular complexity index is 2410. The average Bonchev–Trinajstić information content (AvgIpc) is 3.61. The van der Waals surface area contributed by atoms with Gasteiger partial charge in [-0.05, 0) is 93.5 Å². The third-order valence-electron chi connectivity index (χ3n) is 13.8. The molecule has 0 radical (unpaired) electrons. The molecule has 4 aliphatic rings. The fourth-order valence-electron chi connectivity index (χ4n) is 10.0. The summed E-state index contributed by atoms with van der Waals surface area (Å²) < 4.78 is 14.6. The number of anilines is 1. The summed E-state index contributed by atoms with van der Waals surface area (Å²) in [6.07, 6.45) is 5.03. The van der Waals surface area contributed by atoms with Crippen LogP contribution < -0.4 is 15.6 Å². The molecule has 6 heterocycles. The van der Waals surface area contributed by atoms with Crippen LogP contribution >= 0.6 is 54.0 Å². The molecule has 3 saturated heterocycles. The van der Waals surface area contributed by atoms with Gasteiger partial charge in [-0.2, -0.15) is 54.0 Å². The summed E-state index contributed by atoms with van der Waals surface area (Å²) in [7, 11) is 3.89. The maximum Gasteiger partial charge on any atom is 0.324 e. The third-order valence-corrected chi connectivity index (χ3v) is 13.8. The number of aromatic nitrogens is 2. The van der Waals surface area contributed by atoms with Crippen molar-refractivity contribution in [2.45, 2.75) is 97.9 Å². The van der Waals surface area contributed by atoms with Crippen LogP contribution in [0.15, 0.2) is 54.7 Å². The van der Waals surface area contributed by atoms with Crippen molar-refractivity contribution in [2.75, 3.05) is 71.5 Å². The lowest BCUT2D eigenvalue weighted by Gasteiger charge is -2.36. The molecular weight excluding hydrogens is 937 g/mol. The topological polar surface area (TPSA) is 142 Å². The van der Waals surface area contributed by atoms with Crippen molar-refractivity contribution in [3.63, 3.8) is 0 Å². The van der Waals surface area contributed by atoms with E-state index in [0.29, 0.717) is 51.9 Å². The monoisotopic (exact) mass is 1010 g/mol. The zero-order valence-electron chi connectivity index (χ0n) is 40.7. The van der Waals surface area contributed by atoms with Gasteiger partial charge in [0, 0.05) is 94.7 Å². The van der Waals surface area contributed by atoms with Crippen LogP contribution in [-0.4, -0.2) is 127 Å². The number of likely N-dealkylation sites (N-methyl/N-ethyl adjacent to an activating group) is 1. The number of esters is 1. The molecular formula is C50H74N8O6S4. The molecule has 8 rings (SSSR count). The smallest absolute Gasteiger partial charge is 0.324 e. The largest absolute Gasteiger partial charge is 0.464 e. The summed E-state index contributed by atoms with van der Waals surface area (Å²) in [6, 6.07) is 15.5. The first-order chi connectivity index (χ1) is 30.7. The van der Waals surface area contributed by atoms with Crippen LogP contribution in [0, 0.1) is 11.3 Å². The molecule has 18 heteroatoms. The summed E-state index contributed by atoms with van der Waals surface area (Å²) >= 11 is 0. The van der Waals surface area contributed by atoms with Crippen LogP contribution in [0.3, 0.4) is 0 Å². The molecule has 2 N–H and O–H groups in total. The van der Waals surface area contributed by atoms with E-state index in [1.54, 1.807) is 12.0 Å². The molecule has 374 valence electrons. The number of rotatable bonds is 7. The Labute approximate surface area is 430 Å². The van der Waals surface area contributed by atoms with E-state index in [-0.39, 0.29) is 90.8 Å². The molecule has 2 aromatic carbocycles. The molecule has 6 bridgehead atoms. The number of hydrazine groups is 1. The highest BCUT2D eigenvalue weighted by Gasteiger charge is 2.37. The Morgan fingerprint density at radius 1 is 0.956 bits per heavy atom. The van der Waals surface area contributed by atoms with Crippen LogP contribution in [0.25, 0.3) is 33.3 Å². The van der Waals surface area contributed by atoms with Gasteiger partial charge in [-0.1, -0.05) is 44.2 Å². The van der Waals surface area contributed by atoms with Gasteiger partial charge in [-0.15, -0.1) is 0 Å². The molecule has 3 amide bonds. The van der Waals surface area contributed by atoms with Crippen molar-refractivity contribution in [1.29, 1.82) is 0 Å². The molecule has 4 aliphatic heterocycles. The Hall–Kier alpha value is -3.91. The Morgan fingerprint density at radius 2 is 1.68 bits per heavy atom. The highest BCUT2D eigenvalue weighted by molar-refractivity contribution is 7.59. The number of cyclic esters (lactones) is 1. The number of ether oxygens (including phenoxy) is 2. The minimum Gasteiger partial charge on any atom is -0.464 e. The third kappa shape index (κ3) is 12.3. The fraction of sp³-hybridized carbons (Fsp3) is 0.540. The quantitative estimate of drug-likeness (QED) is 0.206. The van der Waals surface area contributed by atoms with Crippen LogP contribution in [0.2, 0.25) is 0 Å². The first-order valence-electron chi connectivity index (χ1n) is 23.2. The average molecular weight is 1010 g/mol. The molecule has 0 aliphatic carbocycles. The first-order valence-corrected chi connectivity index (χ1v) is 23.2. The normalized spacial score (nSPS) is 21.5. The highest BCUT2D eigenvalue weighted by atomic mass is 32.1. The number of piperidine rings is 1. The number of hydrogen-bond acceptors (Lipinski definition) is 10. The Kier molecular flexibility index (Phi) is 20.2. The molecule has 0 spiro atoms. The number of nitrogens with one attached hydrogen (secondary N) is 2. The second-order valence-corrected chi connectivity index (χ2v) is 19.1. The van der Waals surface area contributed by atoms with Gasteiger partial charge in [-0.25, -0.2) is 5.43 Å². The molecule has 3 fully saturated rings. The summed E-state index contributed by atoms with van der Waals surface area (Å²) in [5, 5.41) is 5.70. The number of aryl methyl sites for hydroxylation is 1. The van der Waals surface area contributed by atoms with Gasteiger partial charge in [0.1, 0.15) is 12.1 Å². The van der Waals surface area contributed by atoms with Crippen LogP contribution in [0.5, 0.6) is 0 Å². The molecule has 0 saturated carbocycles. The number of piperazine rings is 1. The maximum absolute atomic E-state index is 14.5. The maximum atomic E-state index is 14.5. The SMILES string of the molecule is CCn1c(-c2cc(N3CCN(C)CC3)cnc2[C@H](C)OC)c2c3cc(ccc31)-c1cccc(c1)C[C@H](NC(=O)[C@H]1CCCN(C(C)=O)C1)C(=O)N1CCC[C@H](N1)C(=O)OCC(C)(C)C2.S.S.S.S. The lowest BCUT2D eigenvalue weighted by atomic mass is 9.84. The van der Waals surface area contributed by atoms with Gasteiger partial charge < -0.3 is 34.1 Å². The van der Waals surface area contributed by atoms with Crippen molar-refractivity contribution in [2.24, 2.45) is 11.3 Å². The van der Waals surface area contributed by atoms with Gasteiger partial charge in [-0.3, -0.25) is 29.2 Å². The van der Waals surface area contributed by atoms with Gasteiger partial charge >= 0.3 is 5.97 Å². The van der Waals surface area contributed by atoms with E-state index in [0.717, 1.165) is 88.4 Å². The lowest BCUT2D eigenvalue weighted by Crippen LogP contribution is -2.61. The van der Waals surface area contributed by atoms with Crippen LogP contribution in [0.4, 0.5) is 5.69 Å². The standard InChI is InChI=1S/C50H66N8O6.4H2S/c1-8-57-44-17-16-36-26-39(44)41(46(57)40-27-38(29-51-45(40)32(2)63-7)55-22-20-54(6)21-23-55)28-50(4,5)31-64-49(62)42-15-11-19-58(53-42)48(61)43(25-34-12-9-13-35(36)24-34)52-47(60)37-14-10-18-56(30-37)33(3)59;;;;/h9,12-13,16-17,24,26-27,29,32,37,42-43,53H,8,10-11,14-15,18-23,25,28,30-31H2,1-7H3,(H,52,60);4*1H2/t32-,37-,42-,43-;;;;/m0..../s1. The number of carbonyl (C=O) groups excluding carboxylic acids is 4. The van der Waals surface area contributed by atoms with Gasteiger partial charge in [0.15, 0.2) is 0 Å². The fourth-order valence-corrected chi connectivity index (χ4v) is 10.0. The number of methoxy groups -OCH3 is 1. The molecule has 2 aromatic heterocycles. The van der Waals surface area contributed by atoms with Crippen molar-refractivity contribution >= 4 is 94.3 Å². The minimum absolute atomic E-state index is 0. The van der Waals surface area contributed by atoms with Crippen molar-refractivity contribution in [1.82, 2.24) is 35.1 Å². The van der Waals surface area contributed by atoms with E-state index in [2.05, 4.69) is 89.3 Å². The van der Waals surface area contributed by atoms with E-state index in [4.69, 9.17) is 14.5 Å². The molecule has 68 heavy (non-hydrogen) atoms. The van der Waals surface area contributed by atoms with E-state index in [9.17, 15) is 19.2 Å². The lowest BCUT2D eigenvalue weighted by molar-refractivity contribution is -0.155. The van der Waals surface area contributed by atoms with E-state index in [1.807, 2.05) is 25.3 Å². The zero-order chi connectivity index (χ0) is 45.3. The predicted molar refractivity (Wildman–Crippen MR) is 290 cm³/mol. The highest BCUT2D eigenvalue weighted by Crippen LogP contribution is 2.43. The summed E-state index contributed by atoms with van der Waals surface area (Å²) in [6.45, 7) is 16.0. The van der Waals surface area contributed by atoms with E-state index < -0.39 is 29.4 Å². The second-order valence-electron chi connectivity index (χ2n) is 19.1. The zero-order valence-corrected chi connectivity index (χ0v) is 44.7. The van der Waals surface area contributed by atoms with Crippen LogP contribution in [0.1, 0.15) is 83.2 Å². The van der Waals surface area contributed by atoms with Crippen molar-refractivity contribution in [3.8, 4) is 22.4 Å². The number of likely N-dealkylation sites (tertiary alicyclic amines) is 1. The van der Waals surface area contributed by atoms with E-state index >= 15 is 0 Å². The number of nitrogens with zero attached hydrogens (tertiary/aromatic N) is 6. The number of fused-ring (bicyclic) bond motifs is 6. The molecule has 14 nitrogen and oxygen atoms in total. The first kappa shape index (κ1) is 56.7. The van der Waals surface area contributed by atoms with Crippen molar-refractivity contribution < 1.29 is 28.7 Å². The Morgan fingerprint density at radius 3 is 2.38 bits per heavy atom. The number of hydrogen-bond donors (Lipinski definition) is 2. The minimum atomic E-state index is -0.912. The van der Waals surface area contributed by atoms with Gasteiger partial charge in [0.05, 0.1) is 41.9 Å². The molecule has 4 atom stereocenters. The molecule has 0 unspecified atom stereocenters. The summed E-state index contributed by atoms with van der Waals surface area (Å²) in [4.78, 5) is 66.2. The van der Waals surface area contributed by atoms with Gasteiger partial charge in [0.25, 0.3) is 5.91 Å². The number of benzene rings is 2. The molecule has 4 aromatic rings.